The summed E-state index contributed by atoms with van der Waals surface area (Å²) in [7, 11) is 0. The van der Waals surface area contributed by atoms with Crippen molar-refractivity contribution in [3.63, 3.8) is 0 Å². The first kappa shape index (κ1) is 6.15. The average Bonchev–Trinajstić information content (AvgIpc) is 2.36. The quantitative estimate of drug-likeness (QED) is 0.544. The normalized spacial score (nSPS) is 10.6. The van der Waals surface area contributed by atoms with Crippen molar-refractivity contribution < 1.29 is 0 Å². The van der Waals surface area contributed by atoms with Gasteiger partial charge in [-0.15, -0.1) is 5.10 Å². The lowest BCUT2D eigenvalue weighted by Crippen LogP contribution is -1.88. The lowest BCUT2D eigenvalue weighted by molar-refractivity contribution is 0.959. The number of rotatable bonds is 0. The Labute approximate surface area is 63.4 Å². The molecule has 0 atom stereocenters. The van der Waals surface area contributed by atoms with E-state index in [1.807, 2.05) is 19.1 Å². The molecule has 1 aromatic heterocycles. The fraction of sp³-hybridized carbons (Fsp3) is 0.143. The van der Waals surface area contributed by atoms with E-state index in [-0.39, 0.29) is 0 Å². The van der Waals surface area contributed by atoms with Crippen LogP contribution in [0.4, 0.5) is 5.69 Å². The summed E-state index contributed by atoms with van der Waals surface area (Å²) < 4.78 is 0. The summed E-state index contributed by atoms with van der Waals surface area (Å²) in [5.41, 5.74) is 9.20. The lowest BCUT2D eigenvalue weighted by atomic mass is 10.2. The molecule has 0 unspecified atom stereocenters. The molecule has 0 amide bonds. The molecular formula is C7H8N4. The van der Waals surface area contributed by atoms with E-state index >= 15 is 0 Å². The fourth-order valence-electron chi connectivity index (χ4n) is 1.02. The molecule has 0 saturated carbocycles. The molecule has 4 heteroatoms. The van der Waals surface area contributed by atoms with Crippen LogP contribution in [0.5, 0.6) is 0 Å². The molecule has 2 aromatic rings. The molecule has 0 radical (unpaired) electrons. The second kappa shape index (κ2) is 1.95. The van der Waals surface area contributed by atoms with E-state index in [0.717, 1.165) is 22.3 Å². The summed E-state index contributed by atoms with van der Waals surface area (Å²) >= 11 is 0. The Kier molecular flexibility index (Phi) is 1.09. The first-order valence-corrected chi connectivity index (χ1v) is 3.34. The first-order chi connectivity index (χ1) is 5.27. The van der Waals surface area contributed by atoms with E-state index in [1.54, 1.807) is 0 Å². The molecule has 0 saturated heterocycles. The van der Waals surface area contributed by atoms with Crippen molar-refractivity contribution in [2.75, 3.05) is 5.73 Å². The Morgan fingerprint density at radius 1 is 1.45 bits per heavy atom. The van der Waals surface area contributed by atoms with Crippen LogP contribution in [0.2, 0.25) is 0 Å². The Bertz CT molecular complexity index is 354. The van der Waals surface area contributed by atoms with Gasteiger partial charge in [-0.3, -0.25) is 5.10 Å². The van der Waals surface area contributed by atoms with E-state index in [2.05, 4.69) is 15.4 Å². The van der Waals surface area contributed by atoms with Gasteiger partial charge in [0.2, 0.25) is 0 Å². The largest absolute Gasteiger partial charge is 0.398 e. The number of aryl methyl sites for hydroxylation is 1. The number of aromatic nitrogens is 3. The molecule has 56 valence electrons. The van der Waals surface area contributed by atoms with Gasteiger partial charge in [-0.25, -0.2) is 0 Å². The van der Waals surface area contributed by atoms with Crippen LogP contribution in [0.3, 0.4) is 0 Å². The third-order valence-electron chi connectivity index (χ3n) is 1.71. The van der Waals surface area contributed by atoms with Gasteiger partial charge in [-0.05, 0) is 24.6 Å². The minimum absolute atomic E-state index is 0.756. The number of nitrogens with one attached hydrogen (secondary N) is 1. The molecule has 0 aliphatic carbocycles. The van der Waals surface area contributed by atoms with Crippen molar-refractivity contribution >= 4 is 16.7 Å². The third-order valence-corrected chi connectivity index (χ3v) is 1.71. The van der Waals surface area contributed by atoms with Crippen molar-refractivity contribution in [2.45, 2.75) is 6.92 Å². The van der Waals surface area contributed by atoms with Gasteiger partial charge >= 0.3 is 0 Å². The van der Waals surface area contributed by atoms with Crippen LogP contribution < -0.4 is 5.73 Å². The molecule has 1 heterocycles. The molecule has 2 rings (SSSR count). The van der Waals surface area contributed by atoms with Crippen LogP contribution in [-0.4, -0.2) is 15.4 Å². The fourth-order valence-corrected chi connectivity index (χ4v) is 1.02. The van der Waals surface area contributed by atoms with Crippen LogP contribution in [-0.2, 0) is 0 Å². The number of nitrogens with two attached hydrogens (primary N) is 1. The number of aromatic amines is 1. The standard InChI is InChI=1S/C7H8N4/c1-4-2-6-7(3-5(4)8)10-11-9-6/h2-3H,8H2,1H3,(H,9,10,11). The number of nitrogens with zero attached hydrogens (tertiary/aromatic N) is 2. The first-order valence-electron chi connectivity index (χ1n) is 3.34. The number of anilines is 1. The summed E-state index contributed by atoms with van der Waals surface area (Å²) in [6, 6.07) is 3.75. The van der Waals surface area contributed by atoms with E-state index in [9.17, 15) is 0 Å². The molecule has 11 heavy (non-hydrogen) atoms. The van der Waals surface area contributed by atoms with Crippen molar-refractivity contribution in [1.82, 2.24) is 15.4 Å². The van der Waals surface area contributed by atoms with Crippen LogP contribution in [0, 0.1) is 6.92 Å². The SMILES string of the molecule is Cc1cc2[nH]nnc2cc1N. The second-order valence-electron chi connectivity index (χ2n) is 2.54. The van der Waals surface area contributed by atoms with E-state index in [4.69, 9.17) is 5.73 Å². The maximum Gasteiger partial charge on any atom is 0.114 e. The highest BCUT2D eigenvalue weighted by atomic mass is 15.3. The van der Waals surface area contributed by atoms with E-state index in [0.29, 0.717) is 0 Å². The predicted molar refractivity (Wildman–Crippen MR) is 43.0 cm³/mol. The Morgan fingerprint density at radius 2 is 2.27 bits per heavy atom. The van der Waals surface area contributed by atoms with E-state index < -0.39 is 0 Å². The van der Waals surface area contributed by atoms with Gasteiger partial charge in [0.05, 0.1) is 5.52 Å². The van der Waals surface area contributed by atoms with Gasteiger partial charge in [0.1, 0.15) is 5.52 Å². The van der Waals surface area contributed by atoms with Crippen LogP contribution in [0.25, 0.3) is 11.0 Å². The summed E-state index contributed by atoms with van der Waals surface area (Å²) in [6.45, 7) is 1.95. The highest BCUT2D eigenvalue weighted by molar-refractivity contribution is 5.79. The van der Waals surface area contributed by atoms with Gasteiger partial charge in [0.15, 0.2) is 0 Å². The zero-order chi connectivity index (χ0) is 7.84. The van der Waals surface area contributed by atoms with Gasteiger partial charge in [-0.1, -0.05) is 5.21 Å². The maximum absolute atomic E-state index is 5.66. The molecule has 4 nitrogen and oxygen atoms in total. The number of benzene rings is 1. The van der Waals surface area contributed by atoms with Crippen molar-refractivity contribution in [1.29, 1.82) is 0 Å². The number of H-pyrrole nitrogens is 1. The monoisotopic (exact) mass is 148 g/mol. The number of fused-ring (bicyclic) bond motifs is 1. The molecule has 0 bridgehead atoms. The summed E-state index contributed by atoms with van der Waals surface area (Å²) in [4.78, 5) is 0. The molecule has 1 aromatic carbocycles. The van der Waals surface area contributed by atoms with Crippen LogP contribution in [0.1, 0.15) is 5.56 Å². The average molecular weight is 148 g/mol. The minimum Gasteiger partial charge on any atom is -0.398 e. The molecule has 0 aliphatic heterocycles. The van der Waals surface area contributed by atoms with Crippen LogP contribution >= 0.6 is 0 Å². The van der Waals surface area contributed by atoms with Gasteiger partial charge in [-0.2, -0.15) is 0 Å². The Balaban J connectivity index is 2.86. The number of nitrogen functional groups attached to an aromatic ring is 1. The highest BCUT2D eigenvalue weighted by Gasteiger charge is 1.99. The highest BCUT2D eigenvalue weighted by Crippen LogP contribution is 2.16. The smallest absolute Gasteiger partial charge is 0.114 e. The summed E-state index contributed by atoms with van der Waals surface area (Å²) in [6.07, 6.45) is 0. The van der Waals surface area contributed by atoms with Gasteiger partial charge in [0.25, 0.3) is 0 Å². The van der Waals surface area contributed by atoms with Crippen LogP contribution in [0.15, 0.2) is 12.1 Å². The zero-order valence-corrected chi connectivity index (χ0v) is 6.13. The summed E-state index contributed by atoms with van der Waals surface area (Å²) in [5.74, 6) is 0. The van der Waals surface area contributed by atoms with Gasteiger partial charge < -0.3 is 5.73 Å². The number of hydrogen-bond acceptors (Lipinski definition) is 3. The zero-order valence-electron chi connectivity index (χ0n) is 6.13. The maximum atomic E-state index is 5.66. The number of hydrogen-bond donors (Lipinski definition) is 2. The van der Waals surface area contributed by atoms with Crippen molar-refractivity contribution in [3.05, 3.63) is 17.7 Å². The van der Waals surface area contributed by atoms with Crippen molar-refractivity contribution in [3.8, 4) is 0 Å². The molecule has 3 N–H and O–H groups in total. The third kappa shape index (κ3) is 0.832. The summed E-state index contributed by atoms with van der Waals surface area (Å²) in [5, 5.41) is 10.3. The Morgan fingerprint density at radius 3 is 3.09 bits per heavy atom. The molecule has 0 fully saturated rings. The van der Waals surface area contributed by atoms with Crippen molar-refractivity contribution in [2.24, 2.45) is 0 Å². The van der Waals surface area contributed by atoms with E-state index in [1.165, 1.54) is 0 Å². The predicted octanol–water partition coefficient (Wildman–Crippen LogP) is 0.849. The minimum atomic E-state index is 0.756. The topological polar surface area (TPSA) is 67.6 Å². The van der Waals surface area contributed by atoms with Gasteiger partial charge in [0, 0.05) is 5.69 Å². The second-order valence-corrected chi connectivity index (χ2v) is 2.54. The lowest BCUT2D eigenvalue weighted by Gasteiger charge is -1.96. The Hall–Kier alpha value is -1.58. The molecule has 0 spiro atoms. The molecule has 0 aliphatic rings. The molecular weight excluding hydrogens is 140 g/mol.